The van der Waals surface area contributed by atoms with Gasteiger partial charge in [-0.15, -0.1) is 0 Å². The van der Waals surface area contributed by atoms with E-state index >= 15 is 0 Å². The number of ether oxygens (including phenoxy) is 1. The molecule has 5 nitrogen and oxygen atoms in total. The predicted molar refractivity (Wildman–Crippen MR) is 71.4 cm³/mol. The van der Waals surface area contributed by atoms with E-state index in [0.717, 1.165) is 0 Å². The molecule has 2 amide bonds. The number of nitrogens with two attached hydrogens (primary N) is 1. The van der Waals surface area contributed by atoms with Crippen LogP contribution in [0.3, 0.4) is 0 Å². The maximum Gasteiger partial charge on any atom is 0.319 e. The molecule has 0 bridgehead atoms. The lowest BCUT2D eigenvalue weighted by atomic mass is 10.3. The van der Waals surface area contributed by atoms with Crippen molar-refractivity contribution in [1.82, 2.24) is 5.32 Å². The summed E-state index contributed by atoms with van der Waals surface area (Å²) in [5, 5.41) is 5.31. The smallest absolute Gasteiger partial charge is 0.319 e. The number of carbonyl (C=O) groups excluding carboxylic acids is 1. The molecule has 0 heterocycles. The molecule has 0 saturated carbocycles. The second-order valence-corrected chi connectivity index (χ2v) is 3.79. The molecule has 92 valence electrons. The summed E-state index contributed by atoms with van der Waals surface area (Å²) < 4.78 is 5.28. The van der Waals surface area contributed by atoms with Crippen LogP contribution in [-0.4, -0.2) is 24.2 Å². The standard InChI is InChI=1S/C11H15N3O2S/c1-2-13-11(15)14-8-3-5-9(6-4-8)16-7-10(12)17/h3-6H,2,7H2,1H3,(H2,12,17)(H2,13,14,15). The minimum Gasteiger partial charge on any atom is -0.487 e. The molecule has 17 heavy (non-hydrogen) atoms. The Hall–Kier alpha value is -1.82. The van der Waals surface area contributed by atoms with Crippen molar-refractivity contribution in [1.29, 1.82) is 0 Å². The van der Waals surface area contributed by atoms with Crippen molar-refractivity contribution >= 4 is 28.9 Å². The zero-order valence-electron chi connectivity index (χ0n) is 9.53. The van der Waals surface area contributed by atoms with Gasteiger partial charge in [-0.3, -0.25) is 0 Å². The molecule has 0 fully saturated rings. The molecule has 0 spiro atoms. The zero-order chi connectivity index (χ0) is 12.7. The van der Waals surface area contributed by atoms with Crippen LogP contribution < -0.4 is 21.1 Å². The number of nitrogens with one attached hydrogen (secondary N) is 2. The van der Waals surface area contributed by atoms with Crippen molar-refractivity contribution in [2.75, 3.05) is 18.5 Å². The van der Waals surface area contributed by atoms with Crippen molar-refractivity contribution in [3.63, 3.8) is 0 Å². The number of benzene rings is 1. The third-order valence-corrected chi connectivity index (χ3v) is 1.95. The normalized spacial score (nSPS) is 9.47. The van der Waals surface area contributed by atoms with Gasteiger partial charge < -0.3 is 21.1 Å². The van der Waals surface area contributed by atoms with E-state index in [1.165, 1.54) is 0 Å². The van der Waals surface area contributed by atoms with Crippen LogP contribution in [0.25, 0.3) is 0 Å². The monoisotopic (exact) mass is 253 g/mol. The number of amides is 2. The highest BCUT2D eigenvalue weighted by atomic mass is 32.1. The van der Waals surface area contributed by atoms with Crippen LogP contribution in [0.15, 0.2) is 24.3 Å². The lowest BCUT2D eigenvalue weighted by Gasteiger charge is -2.07. The summed E-state index contributed by atoms with van der Waals surface area (Å²) in [4.78, 5) is 11.5. The second-order valence-electron chi connectivity index (χ2n) is 3.26. The maximum absolute atomic E-state index is 11.2. The number of hydrogen-bond acceptors (Lipinski definition) is 3. The Morgan fingerprint density at radius 1 is 1.41 bits per heavy atom. The van der Waals surface area contributed by atoms with Gasteiger partial charge in [0.05, 0.1) is 0 Å². The van der Waals surface area contributed by atoms with Crippen molar-refractivity contribution in [3.8, 4) is 5.75 Å². The largest absolute Gasteiger partial charge is 0.487 e. The van der Waals surface area contributed by atoms with Gasteiger partial charge in [-0.05, 0) is 31.2 Å². The van der Waals surface area contributed by atoms with Crippen LogP contribution in [0.4, 0.5) is 10.5 Å². The topological polar surface area (TPSA) is 76.4 Å². The van der Waals surface area contributed by atoms with E-state index < -0.39 is 0 Å². The Morgan fingerprint density at radius 2 is 2.06 bits per heavy atom. The number of hydrogen-bond donors (Lipinski definition) is 3. The first-order valence-corrected chi connectivity index (χ1v) is 5.58. The van der Waals surface area contributed by atoms with Gasteiger partial charge in [-0.1, -0.05) is 12.2 Å². The van der Waals surface area contributed by atoms with Crippen molar-refractivity contribution in [3.05, 3.63) is 24.3 Å². The van der Waals surface area contributed by atoms with Gasteiger partial charge in [-0.25, -0.2) is 4.79 Å². The average molecular weight is 253 g/mol. The summed E-state index contributed by atoms with van der Waals surface area (Å²) >= 11 is 4.69. The number of urea groups is 1. The van der Waals surface area contributed by atoms with E-state index in [-0.39, 0.29) is 12.6 Å². The van der Waals surface area contributed by atoms with Gasteiger partial charge in [0.1, 0.15) is 17.3 Å². The molecule has 0 aliphatic carbocycles. The fraction of sp³-hybridized carbons (Fsp3) is 0.273. The lowest BCUT2D eigenvalue weighted by Crippen LogP contribution is -2.28. The Labute approximate surface area is 105 Å². The van der Waals surface area contributed by atoms with Crippen LogP contribution in [-0.2, 0) is 0 Å². The van der Waals surface area contributed by atoms with Crippen LogP contribution in [0.2, 0.25) is 0 Å². The zero-order valence-corrected chi connectivity index (χ0v) is 10.3. The summed E-state index contributed by atoms with van der Waals surface area (Å²) in [6.07, 6.45) is 0. The van der Waals surface area contributed by atoms with Gasteiger partial charge in [0.2, 0.25) is 0 Å². The highest BCUT2D eigenvalue weighted by Crippen LogP contribution is 2.15. The number of anilines is 1. The van der Waals surface area contributed by atoms with Crippen molar-refractivity contribution in [2.45, 2.75) is 6.92 Å². The number of thiocarbonyl (C=S) groups is 1. The SMILES string of the molecule is CCNC(=O)Nc1ccc(OCC(N)=S)cc1. The molecule has 0 unspecified atom stereocenters. The quantitative estimate of drug-likeness (QED) is 0.695. The number of carbonyl (C=O) groups is 1. The highest BCUT2D eigenvalue weighted by molar-refractivity contribution is 7.80. The molecule has 0 aliphatic heterocycles. The molecule has 0 atom stereocenters. The van der Waals surface area contributed by atoms with Gasteiger partial charge >= 0.3 is 6.03 Å². The molecule has 1 aromatic rings. The highest BCUT2D eigenvalue weighted by Gasteiger charge is 2.00. The average Bonchev–Trinajstić information content (AvgIpc) is 2.28. The predicted octanol–water partition coefficient (Wildman–Crippen LogP) is 1.49. The lowest BCUT2D eigenvalue weighted by molar-refractivity contribution is 0.252. The molecular formula is C11H15N3O2S. The molecule has 6 heteroatoms. The maximum atomic E-state index is 11.2. The Kier molecular flexibility index (Phi) is 5.22. The van der Waals surface area contributed by atoms with Crippen molar-refractivity contribution in [2.24, 2.45) is 5.73 Å². The number of rotatable bonds is 5. The molecule has 1 aromatic carbocycles. The molecular weight excluding hydrogens is 238 g/mol. The first-order chi connectivity index (χ1) is 8.11. The molecule has 4 N–H and O–H groups in total. The third kappa shape index (κ3) is 5.17. The Bertz CT molecular complexity index is 392. The van der Waals surface area contributed by atoms with Crippen LogP contribution >= 0.6 is 12.2 Å². The molecule has 0 aromatic heterocycles. The van der Waals surface area contributed by atoms with E-state index in [1.54, 1.807) is 24.3 Å². The molecule has 0 radical (unpaired) electrons. The first-order valence-electron chi connectivity index (χ1n) is 5.18. The van der Waals surface area contributed by atoms with E-state index in [9.17, 15) is 4.79 Å². The summed E-state index contributed by atoms with van der Waals surface area (Å²) in [7, 11) is 0. The second kappa shape index (κ2) is 6.70. The van der Waals surface area contributed by atoms with Crippen LogP contribution in [0.5, 0.6) is 5.75 Å². The summed E-state index contributed by atoms with van der Waals surface area (Å²) in [5.74, 6) is 0.652. The van der Waals surface area contributed by atoms with Crippen molar-refractivity contribution < 1.29 is 9.53 Å². The minimum absolute atomic E-state index is 0.207. The summed E-state index contributed by atoms with van der Waals surface area (Å²) in [5.41, 5.74) is 6.00. The van der Waals surface area contributed by atoms with Gasteiger partial charge in [0.25, 0.3) is 0 Å². The van der Waals surface area contributed by atoms with Gasteiger partial charge in [-0.2, -0.15) is 0 Å². The summed E-state index contributed by atoms with van der Waals surface area (Å²) in [6, 6.07) is 6.72. The first kappa shape index (κ1) is 13.2. The molecule has 0 saturated heterocycles. The molecule has 1 rings (SSSR count). The van der Waals surface area contributed by atoms with Crippen LogP contribution in [0, 0.1) is 0 Å². The fourth-order valence-corrected chi connectivity index (χ4v) is 1.18. The minimum atomic E-state index is -0.232. The molecule has 0 aliphatic rings. The van der Waals surface area contributed by atoms with E-state index in [4.69, 9.17) is 22.7 Å². The third-order valence-electron chi connectivity index (χ3n) is 1.83. The van der Waals surface area contributed by atoms with Gasteiger partial charge in [0.15, 0.2) is 0 Å². The Balaban J connectivity index is 2.49. The Morgan fingerprint density at radius 3 is 2.59 bits per heavy atom. The summed E-state index contributed by atoms with van der Waals surface area (Å²) in [6.45, 7) is 2.64. The van der Waals surface area contributed by atoms with E-state index in [0.29, 0.717) is 23.0 Å². The van der Waals surface area contributed by atoms with E-state index in [2.05, 4.69) is 10.6 Å². The van der Waals surface area contributed by atoms with E-state index in [1.807, 2.05) is 6.92 Å². The van der Waals surface area contributed by atoms with Crippen LogP contribution in [0.1, 0.15) is 6.92 Å². The van der Waals surface area contributed by atoms with Gasteiger partial charge in [0, 0.05) is 12.2 Å². The fourth-order valence-electron chi connectivity index (χ4n) is 1.12.